The van der Waals surface area contributed by atoms with Crippen molar-refractivity contribution >= 4 is 70.5 Å². The lowest BCUT2D eigenvalue weighted by atomic mass is 10.0. The third-order valence-electron chi connectivity index (χ3n) is 11.7. The number of thiophene rings is 1. The van der Waals surface area contributed by atoms with Gasteiger partial charge in [0.05, 0.1) is 11.1 Å². The smallest absolute Gasteiger partial charge is 0.164 e. The van der Waals surface area contributed by atoms with Gasteiger partial charge in [-0.1, -0.05) is 164 Å². The molecule has 0 amide bonds. The molecule has 0 N–H and O–H groups in total. The van der Waals surface area contributed by atoms with Gasteiger partial charge in [0.2, 0.25) is 0 Å². The van der Waals surface area contributed by atoms with Crippen LogP contribution >= 0.6 is 11.3 Å². The molecule has 63 heavy (non-hydrogen) atoms. The summed E-state index contributed by atoms with van der Waals surface area (Å²) in [6, 6.07) is 76.3. The Bertz CT molecular complexity index is 3520. The Morgan fingerprint density at radius 1 is 0.349 bits per heavy atom. The zero-order chi connectivity index (χ0) is 41.7. The molecule has 0 saturated carbocycles. The molecular weight excluding hydrogens is 789 g/mol. The van der Waals surface area contributed by atoms with E-state index in [4.69, 9.17) is 19.4 Å². The SMILES string of the molecule is c1ccc(-c2ccc(N(c3ccc(-c4ccccc4)cc3)c3cc(-c4nc(-c5ccccc5)nc(-c5cccc6sc7ccccc7c56)n4)cc4oc5ccccc5c34)cc2)cc1. The average molecular weight is 825 g/mol. The zero-order valence-corrected chi connectivity index (χ0v) is 34.7. The van der Waals surface area contributed by atoms with Crippen LogP contribution in [0.4, 0.5) is 17.1 Å². The third-order valence-corrected chi connectivity index (χ3v) is 12.9. The molecule has 9 aromatic carbocycles. The number of aromatic nitrogens is 3. The Morgan fingerprint density at radius 3 is 1.51 bits per heavy atom. The first-order chi connectivity index (χ1) is 31.2. The van der Waals surface area contributed by atoms with E-state index in [0.29, 0.717) is 17.5 Å². The number of fused-ring (bicyclic) bond motifs is 6. The highest BCUT2D eigenvalue weighted by molar-refractivity contribution is 7.25. The molecule has 0 aliphatic rings. The summed E-state index contributed by atoms with van der Waals surface area (Å²) in [5.74, 6) is 1.77. The molecule has 5 nitrogen and oxygen atoms in total. The molecule has 0 saturated heterocycles. The van der Waals surface area contributed by atoms with Crippen molar-refractivity contribution < 1.29 is 4.42 Å². The number of nitrogens with zero attached hydrogens (tertiary/aromatic N) is 4. The summed E-state index contributed by atoms with van der Waals surface area (Å²) in [7, 11) is 0. The lowest BCUT2D eigenvalue weighted by Gasteiger charge is -2.27. The van der Waals surface area contributed by atoms with Crippen molar-refractivity contribution in [2.45, 2.75) is 0 Å². The van der Waals surface area contributed by atoms with Crippen LogP contribution in [-0.2, 0) is 0 Å². The third kappa shape index (κ3) is 6.61. The van der Waals surface area contributed by atoms with Gasteiger partial charge in [-0.3, -0.25) is 0 Å². The highest BCUT2D eigenvalue weighted by Gasteiger charge is 2.24. The highest BCUT2D eigenvalue weighted by atomic mass is 32.1. The van der Waals surface area contributed by atoms with Gasteiger partial charge in [0.25, 0.3) is 0 Å². The van der Waals surface area contributed by atoms with Crippen molar-refractivity contribution in [2.75, 3.05) is 4.90 Å². The number of anilines is 3. The monoisotopic (exact) mass is 824 g/mol. The molecule has 6 heteroatoms. The molecule has 0 bridgehead atoms. The van der Waals surface area contributed by atoms with E-state index in [0.717, 1.165) is 72.2 Å². The van der Waals surface area contributed by atoms with Crippen LogP contribution in [0.2, 0.25) is 0 Å². The van der Waals surface area contributed by atoms with Crippen LogP contribution in [0.5, 0.6) is 0 Å². The van der Waals surface area contributed by atoms with Gasteiger partial charge in [0, 0.05) is 53.6 Å². The molecule has 3 heterocycles. The maximum absolute atomic E-state index is 6.76. The summed E-state index contributed by atoms with van der Waals surface area (Å²) < 4.78 is 9.18. The van der Waals surface area contributed by atoms with E-state index in [-0.39, 0.29) is 0 Å². The van der Waals surface area contributed by atoms with Crippen LogP contribution in [-0.4, -0.2) is 15.0 Å². The van der Waals surface area contributed by atoms with Gasteiger partial charge in [-0.15, -0.1) is 11.3 Å². The minimum absolute atomic E-state index is 0.554. The van der Waals surface area contributed by atoms with Gasteiger partial charge in [-0.05, 0) is 76.9 Å². The fourth-order valence-corrected chi connectivity index (χ4v) is 9.87. The van der Waals surface area contributed by atoms with E-state index in [1.165, 1.54) is 25.9 Å². The molecule has 0 unspecified atom stereocenters. The number of hydrogen-bond acceptors (Lipinski definition) is 6. The van der Waals surface area contributed by atoms with E-state index in [2.05, 4.69) is 193 Å². The average Bonchev–Trinajstić information content (AvgIpc) is 3.94. The van der Waals surface area contributed by atoms with Crippen LogP contribution in [0.25, 0.3) is 98.5 Å². The summed E-state index contributed by atoms with van der Waals surface area (Å²) in [5, 5.41) is 4.36. The number of hydrogen-bond donors (Lipinski definition) is 0. The Balaban J connectivity index is 1.11. The van der Waals surface area contributed by atoms with Gasteiger partial charge in [0.15, 0.2) is 17.5 Å². The number of rotatable bonds is 8. The maximum Gasteiger partial charge on any atom is 0.164 e. The molecule has 0 radical (unpaired) electrons. The van der Waals surface area contributed by atoms with Crippen LogP contribution in [0.1, 0.15) is 0 Å². The summed E-state index contributed by atoms with van der Waals surface area (Å²) in [5.41, 5.74) is 11.8. The van der Waals surface area contributed by atoms with Gasteiger partial charge in [-0.2, -0.15) is 0 Å². The highest BCUT2D eigenvalue weighted by Crippen LogP contribution is 2.46. The van der Waals surface area contributed by atoms with Crippen molar-refractivity contribution in [3.8, 4) is 56.4 Å². The molecule has 3 aromatic heterocycles. The minimum Gasteiger partial charge on any atom is -0.456 e. The van der Waals surface area contributed by atoms with Crippen LogP contribution in [0.15, 0.2) is 223 Å². The first-order valence-corrected chi connectivity index (χ1v) is 21.8. The molecule has 12 aromatic rings. The van der Waals surface area contributed by atoms with E-state index < -0.39 is 0 Å². The predicted molar refractivity (Wildman–Crippen MR) is 262 cm³/mol. The second-order valence-electron chi connectivity index (χ2n) is 15.6. The summed E-state index contributed by atoms with van der Waals surface area (Å²) >= 11 is 1.79. The van der Waals surface area contributed by atoms with E-state index in [9.17, 15) is 0 Å². The normalized spacial score (nSPS) is 11.5. The molecule has 0 fully saturated rings. The second kappa shape index (κ2) is 15.4. The van der Waals surface area contributed by atoms with Gasteiger partial charge in [0.1, 0.15) is 11.2 Å². The fourth-order valence-electron chi connectivity index (χ4n) is 8.74. The lowest BCUT2D eigenvalue weighted by molar-refractivity contribution is 0.669. The second-order valence-corrected chi connectivity index (χ2v) is 16.7. The number of benzene rings is 9. The Morgan fingerprint density at radius 2 is 0.857 bits per heavy atom. The molecule has 0 spiro atoms. The van der Waals surface area contributed by atoms with Crippen molar-refractivity contribution in [3.05, 3.63) is 218 Å². The maximum atomic E-state index is 6.76. The Labute approximate surface area is 367 Å². The Kier molecular flexibility index (Phi) is 8.94. The van der Waals surface area contributed by atoms with Gasteiger partial charge < -0.3 is 9.32 Å². The predicted octanol–water partition coefficient (Wildman–Crippen LogP) is 15.9. The number of para-hydroxylation sites is 1. The fraction of sp³-hybridized carbons (Fsp3) is 0. The quantitative estimate of drug-likeness (QED) is 0.153. The molecule has 0 aliphatic carbocycles. The summed E-state index contributed by atoms with van der Waals surface area (Å²) in [6.45, 7) is 0. The minimum atomic E-state index is 0.554. The van der Waals surface area contributed by atoms with Crippen LogP contribution in [0.3, 0.4) is 0 Å². The molecule has 12 rings (SSSR count). The first kappa shape index (κ1) is 36.6. The first-order valence-electron chi connectivity index (χ1n) is 21.0. The van der Waals surface area contributed by atoms with E-state index in [1.807, 2.05) is 30.3 Å². The van der Waals surface area contributed by atoms with Crippen LogP contribution < -0.4 is 4.90 Å². The molecule has 296 valence electrons. The van der Waals surface area contributed by atoms with Crippen molar-refractivity contribution in [1.29, 1.82) is 0 Å². The Hall–Kier alpha value is -8.19. The van der Waals surface area contributed by atoms with E-state index >= 15 is 0 Å². The molecular formula is C57H36N4OS. The summed E-state index contributed by atoms with van der Waals surface area (Å²) in [6.07, 6.45) is 0. The van der Waals surface area contributed by atoms with E-state index in [1.54, 1.807) is 11.3 Å². The largest absolute Gasteiger partial charge is 0.456 e. The molecule has 0 aliphatic heterocycles. The number of furan rings is 1. The topological polar surface area (TPSA) is 55.1 Å². The van der Waals surface area contributed by atoms with Crippen molar-refractivity contribution in [3.63, 3.8) is 0 Å². The van der Waals surface area contributed by atoms with Gasteiger partial charge >= 0.3 is 0 Å². The zero-order valence-electron chi connectivity index (χ0n) is 33.9. The molecule has 0 atom stereocenters. The van der Waals surface area contributed by atoms with Gasteiger partial charge in [-0.25, -0.2) is 15.0 Å². The van der Waals surface area contributed by atoms with Crippen molar-refractivity contribution in [1.82, 2.24) is 15.0 Å². The summed E-state index contributed by atoms with van der Waals surface area (Å²) in [4.78, 5) is 18.1. The standard InChI is InChI=1S/C57H36N4OS/c1-4-15-37(16-5-1)39-27-31-43(32-28-39)61(44-33-29-40(30-34-44)38-17-6-2-7-18-38)48-35-42(36-50-54(48)45-21-10-12-24-49(45)62-50)56-58-55(41-19-8-3-9-20-41)59-57(60-56)47-23-14-26-52-53(47)46-22-11-13-25-51(46)63-52/h1-36H. The lowest BCUT2D eigenvalue weighted by Crippen LogP contribution is -2.11. The van der Waals surface area contributed by atoms with Crippen molar-refractivity contribution in [2.24, 2.45) is 0 Å². The van der Waals surface area contributed by atoms with Crippen LogP contribution in [0, 0.1) is 0 Å².